The molecule has 2 aromatic rings. The van der Waals surface area contributed by atoms with Gasteiger partial charge in [-0.25, -0.2) is 4.68 Å². The second-order valence-electron chi connectivity index (χ2n) is 6.64. The molecule has 5 unspecified atom stereocenters. The maximum atomic E-state index is 10.2. The molecule has 1 aliphatic heterocycles. The fraction of sp³-hybridized carbons (Fsp3) is 0.625. The van der Waals surface area contributed by atoms with Crippen molar-refractivity contribution in [3.05, 3.63) is 23.8 Å². The van der Waals surface area contributed by atoms with Crippen LogP contribution in [0.5, 0.6) is 0 Å². The highest BCUT2D eigenvalue weighted by molar-refractivity contribution is 5.00. The SMILES string of the molecule is C#CCN(Cc1cn(C)nn1)Cc1cn(C2OC(CO)C(O)C(O)C2O)nn1. The van der Waals surface area contributed by atoms with Gasteiger partial charge in [-0.15, -0.1) is 16.6 Å². The zero-order valence-corrected chi connectivity index (χ0v) is 15.3. The van der Waals surface area contributed by atoms with E-state index >= 15 is 0 Å². The number of rotatable bonds is 7. The Morgan fingerprint density at radius 1 is 1.11 bits per heavy atom. The predicted octanol–water partition coefficient (Wildman–Crippen LogP) is -2.99. The Labute approximate surface area is 161 Å². The van der Waals surface area contributed by atoms with Crippen LogP contribution in [0.3, 0.4) is 0 Å². The summed E-state index contributed by atoms with van der Waals surface area (Å²) in [7, 11) is 1.77. The minimum Gasteiger partial charge on any atom is -0.394 e. The van der Waals surface area contributed by atoms with Gasteiger partial charge < -0.3 is 25.2 Å². The van der Waals surface area contributed by atoms with Crippen LogP contribution in [-0.4, -0.2) is 92.9 Å². The molecule has 0 aliphatic carbocycles. The number of aliphatic hydroxyl groups is 4. The highest BCUT2D eigenvalue weighted by atomic mass is 16.6. The van der Waals surface area contributed by atoms with Crippen molar-refractivity contribution in [1.29, 1.82) is 0 Å². The molecule has 0 saturated carbocycles. The Bertz CT molecular complexity index is 816. The molecule has 152 valence electrons. The van der Waals surface area contributed by atoms with Crippen molar-refractivity contribution in [3.8, 4) is 12.3 Å². The third-order valence-corrected chi connectivity index (χ3v) is 4.42. The molecular weight excluding hydrogens is 370 g/mol. The van der Waals surface area contributed by atoms with E-state index in [0.717, 1.165) is 5.69 Å². The van der Waals surface area contributed by atoms with E-state index in [1.807, 2.05) is 4.90 Å². The fourth-order valence-electron chi connectivity index (χ4n) is 3.03. The number of nitrogens with zero attached hydrogens (tertiary/aromatic N) is 7. The molecule has 2 aromatic heterocycles. The van der Waals surface area contributed by atoms with Gasteiger partial charge in [-0.1, -0.05) is 16.3 Å². The summed E-state index contributed by atoms with van der Waals surface area (Å²) in [6.45, 7) is 0.656. The van der Waals surface area contributed by atoms with E-state index in [9.17, 15) is 20.4 Å². The Kier molecular flexibility index (Phi) is 6.35. The first-order valence-corrected chi connectivity index (χ1v) is 8.65. The van der Waals surface area contributed by atoms with Crippen LogP contribution < -0.4 is 0 Å². The molecular formula is C16H23N7O5. The van der Waals surface area contributed by atoms with Crippen molar-refractivity contribution < 1.29 is 25.2 Å². The standard InChI is InChI=1S/C16H23N7O5/c1-3-4-22(6-10-5-21(2)19-17-10)7-11-8-23(20-18-11)16-15(27)14(26)13(25)12(9-24)28-16/h1,5,8,12-16,24-27H,4,6-7,9H2,2H3. The van der Waals surface area contributed by atoms with E-state index in [2.05, 4.69) is 26.5 Å². The molecule has 0 radical (unpaired) electrons. The lowest BCUT2D eigenvalue weighted by Gasteiger charge is -2.39. The van der Waals surface area contributed by atoms with Gasteiger partial charge in [0.05, 0.1) is 30.7 Å². The molecule has 1 saturated heterocycles. The second-order valence-corrected chi connectivity index (χ2v) is 6.64. The first-order chi connectivity index (χ1) is 13.4. The number of hydrogen-bond donors (Lipinski definition) is 4. The van der Waals surface area contributed by atoms with Crippen molar-refractivity contribution in [1.82, 2.24) is 34.9 Å². The molecule has 3 heterocycles. The monoisotopic (exact) mass is 393 g/mol. The van der Waals surface area contributed by atoms with Crippen molar-refractivity contribution in [2.24, 2.45) is 7.05 Å². The molecule has 0 spiro atoms. The number of aliphatic hydroxyl groups excluding tert-OH is 4. The summed E-state index contributed by atoms with van der Waals surface area (Å²) in [5.74, 6) is 2.58. The Morgan fingerprint density at radius 2 is 1.79 bits per heavy atom. The molecule has 3 rings (SSSR count). The lowest BCUT2D eigenvalue weighted by molar-refractivity contribution is -0.254. The maximum Gasteiger partial charge on any atom is 0.180 e. The summed E-state index contributed by atoms with van der Waals surface area (Å²) in [6, 6.07) is 0. The van der Waals surface area contributed by atoms with Crippen LogP contribution in [0.4, 0.5) is 0 Å². The summed E-state index contributed by atoms with van der Waals surface area (Å²) < 4.78 is 8.30. The van der Waals surface area contributed by atoms with E-state index in [-0.39, 0.29) is 0 Å². The van der Waals surface area contributed by atoms with Gasteiger partial charge in [0.2, 0.25) is 0 Å². The number of aryl methyl sites for hydroxylation is 1. The largest absolute Gasteiger partial charge is 0.394 e. The molecule has 0 amide bonds. The van der Waals surface area contributed by atoms with Crippen molar-refractivity contribution in [2.75, 3.05) is 13.2 Å². The number of hydrogen-bond acceptors (Lipinski definition) is 10. The molecule has 1 aliphatic rings. The summed E-state index contributed by atoms with van der Waals surface area (Å²) in [6.07, 6.45) is 2.29. The molecule has 5 atom stereocenters. The van der Waals surface area contributed by atoms with Crippen molar-refractivity contribution in [2.45, 2.75) is 43.7 Å². The van der Waals surface area contributed by atoms with E-state index in [1.54, 1.807) is 24.1 Å². The average molecular weight is 393 g/mol. The number of terminal acetylenes is 1. The van der Waals surface area contributed by atoms with Gasteiger partial charge in [-0.3, -0.25) is 9.58 Å². The molecule has 4 N–H and O–H groups in total. The Morgan fingerprint density at radius 3 is 2.39 bits per heavy atom. The van der Waals surface area contributed by atoms with Crippen LogP contribution in [0.25, 0.3) is 0 Å². The van der Waals surface area contributed by atoms with Gasteiger partial charge in [0.25, 0.3) is 0 Å². The molecule has 1 fully saturated rings. The highest BCUT2D eigenvalue weighted by Gasteiger charge is 2.44. The highest BCUT2D eigenvalue weighted by Crippen LogP contribution is 2.27. The summed E-state index contributed by atoms with van der Waals surface area (Å²) in [5.41, 5.74) is 1.30. The molecule has 12 nitrogen and oxygen atoms in total. The topological polar surface area (TPSA) is 155 Å². The Balaban J connectivity index is 1.70. The van der Waals surface area contributed by atoms with Crippen LogP contribution in [0.1, 0.15) is 17.6 Å². The minimum atomic E-state index is -1.49. The molecule has 28 heavy (non-hydrogen) atoms. The summed E-state index contributed by atoms with van der Waals surface area (Å²) in [4.78, 5) is 1.91. The summed E-state index contributed by atoms with van der Waals surface area (Å²) in [5, 5.41) is 55.2. The number of aromatic nitrogens is 6. The first-order valence-electron chi connectivity index (χ1n) is 8.65. The third-order valence-electron chi connectivity index (χ3n) is 4.42. The maximum absolute atomic E-state index is 10.2. The van der Waals surface area contributed by atoms with Crippen LogP contribution in [0.2, 0.25) is 0 Å². The van der Waals surface area contributed by atoms with Crippen LogP contribution in [0.15, 0.2) is 12.4 Å². The minimum absolute atomic E-state index is 0.351. The van der Waals surface area contributed by atoms with Gasteiger partial charge >= 0.3 is 0 Å². The van der Waals surface area contributed by atoms with Crippen molar-refractivity contribution in [3.63, 3.8) is 0 Å². The molecule has 12 heteroatoms. The van der Waals surface area contributed by atoms with E-state index in [1.165, 1.54) is 4.68 Å². The van der Waals surface area contributed by atoms with E-state index in [4.69, 9.17) is 11.2 Å². The normalized spacial score (nSPS) is 27.8. The predicted molar refractivity (Wildman–Crippen MR) is 93.0 cm³/mol. The van der Waals surface area contributed by atoms with E-state index < -0.39 is 37.3 Å². The van der Waals surface area contributed by atoms with Crippen LogP contribution in [-0.2, 0) is 24.9 Å². The van der Waals surface area contributed by atoms with E-state index in [0.29, 0.717) is 25.3 Å². The lowest BCUT2D eigenvalue weighted by atomic mass is 9.98. The smallest absolute Gasteiger partial charge is 0.180 e. The van der Waals surface area contributed by atoms with Gasteiger partial charge in [0.1, 0.15) is 24.4 Å². The molecule has 0 bridgehead atoms. The third kappa shape index (κ3) is 4.36. The zero-order valence-electron chi connectivity index (χ0n) is 15.3. The van der Waals surface area contributed by atoms with Gasteiger partial charge in [0.15, 0.2) is 6.23 Å². The lowest BCUT2D eigenvalue weighted by Crippen LogP contribution is -2.56. The molecule has 0 aromatic carbocycles. The second kappa shape index (κ2) is 8.74. The summed E-state index contributed by atoms with van der Waals surface area (Å²) >= 11 is 0. The quantitative estimate of drug-likeness (QED) is 0.358. The van der Waals surface area contributed by atoms with Gasteiger partial charge in [-0.05, 0) is 0 Å². The Hall–Kier alpha value is -2.40. The van der Waals surface area contributed by atoms with Crippen molar-refractivity contribution >= 4 is 0 Å². The van der Waals surface area contributed by atoms with Crippen LogP contribution in [0, 0.1) is 12.3 Å². The van der Waals surface area contributed by atoms with Gasteiger partial charge in [-0.2, -0.15) is 0 Å². The average Bonchev–Trinajstić information content (AvgIpc) is 3.29. The van der Waals surface area contributed by atoms with Crippen LogP contribution >= 0.6 is 0 Å². The fourth-order valence-corrected chi connectivity index (χ4v) is 3.03. The number of ether oxygens (including phenoxy) is 1. The zero-order chi connectivity index (χ0) is 20.3. The van der Waals surface area contributed by atoms with Gasteiger partial charge in [0, 0.05) is 26.3 Å². The first kappa shape index (κ1) is 20.3.